The van der Waals surface area contributed by atoms with Gasteiger partial charge in [0, 0.05) is 5.92 Å². The Kier molecular flexibility index (Phi) is 2.65. The maximum absolute atomic E-state index is 8.94. The van der Waals surface area contributed by atoms with E-state index in [1.807, 2.05) is 24.4 Å². The minimum atomic E-state index is 0.0104. The molecule has 0 aliphatic heterocycles. The second kappa shape index (κ2) is 3.94. The minimum Gasteiger partial charge on any atom is -0.440 e. The summed E-state index contributed by atoms with van der Waals surface area (Å²) in [6, 6.07) is 3.92. The number of rotatable bonds is 3. The molecule has 2 rings (SSSR count). The molecular weight excluding hydrogens is 198 g/mol. The van der Waals surface area contributed by atoms with Gasteiger partial charge in [0.2, 0.25) is 5.89 Å². The van der Waals surface area contributed by atoms with Gasteiger partial charge in [-0.15, -0.1) is 11.3 Å². The van der Waals surface area contributed by atoms with Crippen LogP contribution in [-0.2, 0) is 0 Å². The Morgan fingerprint density at radius 2 is 2.50 bits per heavy atom. The molecule has 1 atom stereocenters. The Hall–Kier alpha value is -1.13. The lowest BCUT2D eigenvalue weighted by Crippen LogP contribution is -1.96. The van der Waals surface area contributed by atoms with Crippen molar-refractivity contribution in [2.75, 3.05) is 6.61 Å². The van der Waals surface area contributed by atoms with Gasteiger partial charge in [-0.3, -0.25) is 0 Å². The fourth-order valence-electron chi connectivity index (χ4n) is 1.12. The third-order valence-electron chi connectivity index (χ3n) is 2.02. The number of hydrogen-bond donors (Lipinski definition) is 1. The normalized spacial score (nSPS) is 13.0. The average Bonchev–Trinajstić information content (AvgIpc) is 2.86. The molecular formula is C10H11NO2S. The minimum absolute atomic E-state index is 0.0104. The smallest absolute Gasteiger partial charge is 0.236 e. The van der Waals surface area contributed by atoms with Crippen LogP contribution in [-0.4, -0.2) is 16.7 Å². The van der Waals surface area contributed by atoms with Crippen LogP contribution in [0.4, 0.5) is 0 Å². The SMILES string of the molecule is CC(CO)c1cnc(-c2cccs2)o1. The third kappa shape index (κ3) is 1.71. The van der Waals surface area contributed by atoms with E-state index < -0.39 is 0 Å². The van der Waals surface area contributed by atoms with Crippen LogP contribution in [0, 0.1) is 0 Å². The highest BCUT2D eigenvalue weighted by Crippen LogP contribution is 2.26. The molecule has 1 N–H and O–H groups in total. The molecule has 0 fully saturated rings. The number of thiophene rings is 1. The van der Waals surface area contributed by atoms with Gasteiger partial charge in [0.1, 0.15) is 5.76 Å². The lowest BCUT2D eigenvalue weighted by molar-refractivity contribution is 0.258. The van der Waals surface area contributed by atoms with Crippen LogP contribution in [0.5, 0.6) is 0 Å². The largest absolute Gasteiger partial charge is 0.440 e. The molecule has 1 unspecified atom stereocenters. The second-order valence-electron chi connectivity index (χ2n) is 3.13. The van der Waals surface area contributed by atoms with E-state index in [4.69, 9.17) is 9.52 Å². The molecule has 0 aromatic carbocycles. The number of nitrogens with zero attached hydrogens (tertiary/aromatic N) is 1. The molecule has 14 heavy (non-hydrogen) atoms. The van der Waals surface area contributed by atoms with E-state index in [9.17, 15) is 0 Å². The monoisotopic (exact) mass is 209 g/mol. The summed E-state index contributed by atoms with van der Waals surface area (Å²) in [5, 5.41) is 10.9. The van der Waals surface area contributed by atoms with Crippen LogP contribution in [0.25, 0.3) is 10.8 Å². The second-order valence-corrected chi connectivity index (χ2v) is 4.08. The van der Waals surface area contributed by atoms with Crippen molar-refractivity contribution in [2.45, 2.75) is 12.8 Å². The molecule has 0 bridgehead atoms. The molecule has 2 aromatic heterocycles. The van der Waals surface area contributed by atoms with Gasteiger partial charge < -0.3 is 9.52 Å². The highest BCUT2D eigenvalue weighted by atomic mass is 32.1. The zero-order valence-corrected chi connectivity index (χ0v) is 8.62. The Balaban J connectivity index is 2.26. The van der Waals surface area contributed by atoms with Crippen molar-refractivity contribution in [3.05, 3.63) is 29.5 Å². The van der Waals surface area contributed by atoms with Crippen molar-refractivity contribution in [3.63, 3.8) is 0 Å². The Labute approximate surface area is 86.0 Å². The van der Waals surface area contributed by atoms with Gasteiger partial charge in [0.15, 0.2) is 0 Å². The molecule has 0 saturated heterocycles. The molecule has 74 valence electrons. The molecule has 4 heteroatoms. The quantitative estimate of drug-likeness (QED) is 0.844. The molecule has 3 nitrogen and oxygen atoms in total. The van der Waals surface area contributed by atoms with Gasteiger partial charge in [0.25, 0.3) is 0 Å². The summed E-state index contributed by atoms with van der Waals surface area (Å²) in [7, 11) is 0. The van der Waals surface area contributed by atoms with E-state index >= 15 is 0 Å². The predicted octanol–water partition coefficient (Wildman–Crippen LogP) is 2.50. The lowest BCUT2D eigenvalue weighted by atomic mass is 10.1. The lowest BCUT2D eigenvalue weighted by Gasteiger charge is -2.00. The molecule has 0 saturated carbocycles. The first-order chi connectivity index (χ1) is 6.81. The van der Waals surface area contributed by atoms with E-state index in [2.05, 4.69) is 4.98 Å². The molecule has 0 amide bonds. The molecule has 2 aromatic rings. The van der Waals surface area contributed by atoms with Gasteiger partial charge in [-0.25, -0.2) is 4.98 Å². The van der Waals surface area contributed by atoms with Crippen molar-refractivity contribution in [1.29, 1.82) is 0 Å². The number of aliphatic hydroxyl groups excluding tert-OH is 1. The standard InChI is InChI=1S/C10H11NO2S/c1-7(6-12)8-5-11-10(13-8)9-3-2-4-14-9/h2-5,7,12H,6H2,1H3. The van der Waals surface area contributed by atoms with Crippen LogP contribution < -0.4 is 0 Å². The Morgan fingerprint density at radius 3 is 3.14 bits per heavy atom. The summed E-state index contributed by atoms with van der Waals surface area (Å²) in [5.74, 6) is 1.38. The predicted molar refractivity (Wildman–Crippen MR) is 55.3 cm³/mol. The number of aromatic nitrogens is 1. The maximum Gasteiger partial charge on any atom is 0.236 e. The summed E-state index contributed by atoms with van der Waals surface area (Å²) >= 11 is 1.59. The summed E-state index contributed by atoms with van der Waals surface area (Å²) < 4.78 is 5.52. The maximum atomic E-state index is 8.94. The number of hydrogen-bond acceptors (Lipinski definition) is 4. The summed E-state index contributed by atoms with van der Waals surface area (Å²) in [4.78, 5) is 5.18. The van der Waals surface area contributed by atoms with Crippen LogP contribution in [0.2, 0.25) is 0 Å². The van der Waals surface area contributed by atoms with Crippen LogP contribution in [0.15, 0.2) is 28.1 Å². The first kappa shape index (κ1) is 9.43. The fourth-order valence-corrected chi connectivity index (χ4v) is 1.77. The van der Waals surface area contributed by atoms with Gasteiger partial charge >= 0.3 is 0 Å². The summed E-state index contributed by atoms with van der Waals surface area (Å²) in [6.07, 6.45) is 1.68. The average molecular weight is 209 g/mol. The molecule has 0 spiro atoms. The van der Waals surface area contributed by atoms with Crippen LogP contribution >= 0.6 is 11.3 Å². The number of oxazole rings is 1. The van der Waals surface area contributed by atoms with Crippen molar-refractivity contribution in [3.8, 4) is 10.8 Å². The van der Waals surface area contributed by atoms with E-state index in [0.29, 0.717) is 5.89 Å². The first-order valence-electron chi connectivity index (χ1n) is 4.41. The van der Waals surface area contributed by atoms with Crippen LogP contribution in [0.3, 0.4) is 0 Å². The molecule has 2 heterocycles. The Morgan fingerprint density at radius 1 is 1.64 bits per heavy atom. The fraction of sp³-hybridized carbons (Fsp3) is 0.300. The zero-order chi connectivity index (χ0) is 9.97. The number of aliphatic hydroxyl groups is 1. The van der Waals surface area contributed by atoms with E-state index in [1.165, 1.54) is 0 Å². The summed E-state index contributed by atoms with van der Waals surface area (Å²) in [5.41, 5.74) is 0. The van der Waals surface area contributed by atoms with Crippen LogP contribution in [0.1, 0.15) is 18.6 Å². The third-order valence-corrected chi connectivity index (χ3v) is 2.87. The van der Waals surface area contributed by atoms with Crippen molar-refractivity contribution in [1.82, 2.24) is 4.98 Å². The van der Waals surface area contributed by atoms with Gasteiger partial charge in [-0.1, -0.05) is 13.0 Å². The molecule has 0 radical (unpaired) electrons. The van der Waals surface area contributed by atoms with Crippen molar-refractivity contribution in [2.24, 2.45) is 0 Å². The highest BCUT2D eigenvalue weighted by Gasteiger charge is 2.12. The van der Waals surface area contributed by atoms with Crippen molar-refractivity contribution >= 4 is 11.3 Å². The van der Waals surface area contributed by atoms with Crippen molar-refractivity contribution < 1.29 is 9.52 Å². The highest BCUT2D eigenvalue weighted by molar-refractivity contribution is 7.13. The molecule has 0 aliphatic rings. The summed E-state index contributed by atoms with van der Waals surface area (Å²) in [6.45, 7) is 1.98. The van der Waals surface area contributed by atoms with E-state index in [1.54, 1.807) is 17.5 Å². The zero-order valence-electron chi connectivity index (χ0n) is 7.80. The molecule has 0 aliphatic carbocycles. The van der Waals surface area contributed by atoms with Gasteiger partial charge in [-0.2, -0.15) is 0 Å². The topological polar surface area (TPSA) is 46.3 Å². The Bertz CT molecular complexity index is 394. The van der Waals surface area contributed by atoms with Gasteiger partial charge in [-0.05, 0) is 11.4 Å². The van der Waals surface area contributed by atoms with E-state index in [0.717, 1.165) is 10.6 Å². The first-order valence-corrected chi connectivity index (χ1v) is 5.29. The van der Waals surface area contributed by atoms with Gasteiger partial charge in [0.05, 0.1) is 17.7 Å². The van der Waals surface area contributed by atoms with E-state index in [-0.39, 0.29) is 12.5 Å².